The number of ether oxygens (including phenoxy) is 2. The number of rotatable bonds is 10. The van der Waals surface area contributed by atoms with E-state index in [1.807, 2.05) is 0 Å². The molecule has 1 aromatic rings. The number of fused-ring (bicyclic) bond motifs is 1. The summed E-state index contributed by atoms with van der Waals surface area (Å²) in [6.45, 7) is 3.68. The lowest BCUT2D eigenvalue weighted by molar-refractivity contribution is -0.160. The maximum Gasteiger partial charge on any atom is 0.337 e. The average Bonchev–Trinajstić information content (AvgIpc) is 2.73. The average molecular weight is 444 g/mol. The molecule has 0 saturated carbocycles. The summed E-state index contributed by atoms with van der Waals surface area (Å²) in [5, 5.41) is 29.4. The number of Topliss-reactive ketones (excluding diaryl/α,β-unsaturated/α-hetero) is 2. The van der Waals surface area contributed by atoms with Gasteiger partial charge in [0.05, 0.1) is 17.9 Å². The first-order valence-electron chi connectivity index (χ1n) is 10.6. The van der Waals surface area contributed by atoms with E-state index < -0.39 is 30.4 Å². The van der Waals surface area contributed by atoms with Crippen LogP contribution in [-0.4, -0.2) is 51.4 Å². The summed E-state index contributed by atoms with van der Waals surface area (Å²) in [6, 6.07) is 6.54. The van der Waals surface area contributed by atoms with Crippen LogP contribution in [0.2, 0.25) is 0 Å². The molecule has 0 aliphatic carbocycles. The number of aliphatic hydroxyl groups is 2. The Morgan fingerprint density at radius 1 is 1.19 bits per heavy atom. The molecule has 0 amide bonds. The summed E-state index contributed by atoms with van der Waals surface area (Å²) in [4.78, 5) is 36.8. The van der Waals surface area contributed by atoms with Crippen molar-refractivity contribution >= 4 is 17.5 Å². The van der Waals surface area contributed by atoms with Gasteiger partial charge in [-0.2, -0.15) is 0 Å². The first-order chi connectivity index (χ1) is 15.3. The number of carbonyl (C=O) groups excluding carboxylic acids is 3. The number of phenolic OH excluding ortho intramolecular Hbond substituents is 1. The summed E-state index contributed by atoms with van der Waals surface area (Å²) >= 11 is 0. The van der Waals surface area contributed by atoms with E-state index in [0.717, 1.165) is 5.56 Å². The SMILES string of the molecule is C=C[C@H]1[C@H](O)OC=C2C(=O)O[C@@H](CC(=O)C[C@@H](O)CC(=O)CCc3ccc(O)cc3)C[C@H]21. The minimum atomic E-state index is -1.11. The third kappa shape index (κ3) is 6.05. The molecule has 3 rings (SSSR count). The van der Waals surface area contributed by atoms with Crippen LogP contribution in [0.15, 0.2) is 48.8 Å². The van der Waals surface area contributed by atoms with Crippen LogP contribution < -0.4 is 0 Å². The molecule has 0 aromatic heterocycles. The smallest absolute Gasteiger partial charge is 0.337 e. The lowest BCUT2D eigenvalue weighted by Crippen LogP contribution is -2.42. The molecule has 5 atom stereocenters. The van der Waals surface area contributed by atoms with Gasteiger partial charge in [-0.3, -0.25) is 9.59 Å². The van der Waals surface area contributed by atoms with Gasteiger partial charge in [0.15, 0.2) is 0 Å². The largest absolute Gasteiger partial charge is 0.508 e. The molecule has 3 N–H and O–H groups in total. The number of aromatic hydroxyl groups is 1. The van der Waals surface area contributed by atoms with Crippen LogP contribution in [0.1, 0.15) is 37.7 Å². The molecule has 8 nitrogen and oxygen atoms in total. The number of ketones is 2. The molecule has 8 heteroatoms. The summed E-state index contributed by atoms with van der Waals surface area (Å²) in [6.07, 6.45) is 0.452. The topological polar surface area (TPSA) is 130 Å². The van der Waals surface area contributed by atoms with Crippen molar-refractivity contribution in [1.82, 2.24) is 0 Å². The van der Waals surface area contributed by atoms with Gasteiger partial charge in [-0.15, -0.1) is 6.58 Å². The molecule has 0 unspecified atom stereocenters. The van der Waals surface area contributed by atoms with E-state index in [1.54, 1.807) is 24.3 Å². The van der Waals surface area contributed by atoms with Gasteiger partial charge in [0.1, 0.15) is 23.4 Å². The van der Waals surface area contributed by atoms with Gasteiger partial charge in [-0.25, -0.2) is 4.79 Å². The molecular formula is C24H28O8. The minimum absolute atomic E-state index is 0.0743. The fourth-order valence-corrected chi connectivity index (χ4v) is 4.15. The van der Waals surface area contributed by atoms with Gasteiger partial charge in [-0.05, 0) is 30.5 Å². The Hall–Kier alpha value is -2.97. The minimum Gasteiger partial charge on any atom is -0.508 e. The molecule has 0 spiro atoms. The second-order valence-corrected chi connectivity index (χ2v) is 8.29. The standard InChI is InChI=1S/C24H28O8/c1-2-20-21-12-19(32-24(30)22(21)13-31-23(20)29)11-18(28)10-17(27)9-16(26)8-5-14-3-6-15(25)7-4-14/h2-4,6-7,13,17,19-21,23,25,27,29H,1,5,8-12H2/t17-,19-,20+,21-,23+/m0/s1. The predicted molar refractivity (Wildman–Crippen MR) is 113 cm³/mol. The van der Waals surface area contributed by atoms with Crippen LogP contribution in [0.5, 0.6) is 5.75 Å². The zero-order valence-corrected chi connectivity index (χ0v) is 17.7. The van der Waals surface area contributed by atoms with E-state index in [0.29, 0.717) is 18.4 Å². The third-order valence-corrected chi connectivity index (χ3v) is 5.84. The number of hydrogen-bond acceptors (Lipinski definition) is 8. The van der Waals surface area contributed by atoms with Crippen molar-refractivity contribution in [3.63, 3.8) is 0 Å². The summed E-state index contributed by atoms with van der Waals surface area (Å²) in [5.74, 6) is -1.77. The molecule has 1 fully saturated rings. The molecule has 2 aliphatic rings. The number of benzene rings is 1. The van der Waals surface area contributed by atoms with Gasteiger partial charge in [0, 0.05) is 37.5 Å². The van der Waals surface area contributed by atoms with Gasteiger partial charge < -0.3 is 24.8 Å². The van der Waals surface area contributed by atoms with Crippen molar-refractivity contribution in [3.05, 3.63) is 54.3 Å². The van der Waals surface area contributed by atoms with Crippen molar-refractivity contribution < 1.29 is 39.2 Å². The lowest BCUT2D eigenvalue weighted by Gasteiger charge is -2.38. The highest BCUT2D eigenvalue weighted by molar-refractivity contribution is 5.90. The first kappa shape index (κ1) is 23.7. The van der Waals surface area contributed by atoms with Crippen molar-refractivity contribution in [1.29, 1.82) is 0 Å². The molecule has 172 valence electrons. The number of esters is 1. The maximum absolute atomic E-state index is 12.4. The molecule has 0 bridgehead atoms. The Labute approximate surface area is 186 Å². The van der Waals surface area contributed by atoms with Gasteiger partial charge in [-0.1, -0.05) is 18.2 Å². The zero-order valence-electron chi connectivity index (χ0n) is 17.7. The quantitative estimate of drug-likeness (QED) is 0.369. The van der Waals surface area contributed by atoms with Crippen LogP contribution >= 0.6 is 0 Å². The monoisotopic (exact) mass is 444 g/mol. The van der Waals surface area contributed by atoms with E-state index in [1.165, 1.54) is 12.3 Å². The van der Waals surface area contributed by atoms with Crippen molar-refractivity contribution in [2.24, 2.45) is 11.8 Å². The Morgan fingerprint density at radius 2 is 1.88 bits per heavy atom. The van der Waals surface area contributed by atoms with Crippen molar-refractivity contribution in [3.8, 4) is 5.75 Å². The van der Waals surface area contributed by atoms with Crippen molar-refractivity contribution in [2.75, 3.05) is 0 Å². The van der Waals surface area contributed by atoms with E-state index in [9.17, 15) is 29.7 Å². The Kier molecular flexibility index (Phi) is 7.82. The highest BCUT2D eigenvalue weighted by Gasteiger charge is 2.43. The predicted octanol–water partition coefficient (Wildman–Crippen LogP) is 1.96. The number of carbonyl (C=O) groups is 3. The summed E-state index contributed by atoms with van der Waals surface area (Å²) in [5.41, 5.74) is 1.20. The molecule has 1 saturated heterocycles. The number of aliphatic hydroxyl groups excluding tert-OH is 2. The highest BCUT2D eigenvalue weighted by atomic mass is 16.6. The molecule has 1 aromatic carbocycles. The molecule has 32 heavy (non-hydrogen) atoms. The van der Waals surface area contributed by atoms with E-state index in [2.05, 4.69) is 6.58 Å². The van der Waals surface area contributed by atoms with E-state index >= 15 is 0 Å². The number of hydrogen-bond donors (Lipinski definition) is 3. The Morgan fingerprint density at radius 3 is 2.56 bits per heavy atom. The van der Waals surface area contributed by atoms with Gasteiger partial charge in [0.2, 0.25) is 6.29 Å². The first-order valence-corrected chi connectivity index (χ1v) is 10.6. The normalized spacial score (nSPS) is 25.6. The van der Waals surface area contributed by atoms with Gasteiger partial charge >= 0.3 is 5.97 Å². The lowest BCUT2D eigenvalue weighted by atomic mass is 9.78. The summed E-state index contributed by atoms with van der Waals surface area (Å²) < 4.78 is 10.4. The maximum atomic E-state index is 12.4. The summed E-state index contributed by atoms with van der Waals surface area (Å²) in [7, 11) is 0. The highest BCUT2D eigenvalue weighted by Crippen LogP contribution is 2.39. The van der Waals surface area contributed by atoms with Gasteiger partial charge in [0.25, 0.3) is 0 Å². The number of phenols is 1. The van der Waals surface area contributed by atoms with E-state index in [-0.39, 0.29) is 48.9 Å². The second-order valence-electron chi connectivity index (χ2n) is 8.29. The Bertz CT molecular complexity index is 888. The fourth-order valence-electron chi connectivity index (χ4n) is 4.15. The van der Waals surface area contributed by atoms with Crippen LogP contribution in [0.4, 0.5) is 0 Å². The van der Waals surface area contributed by atoms with Crippen LogP contribution in [-0.2, 0) is 30.3 Å². The van der Waals surface area contributed by atoms with Crippen LogP contribution in [0.25, 0.3) is 0 Å². The third-order valence-electron chi connectivity index (χ3n) is 5.84. The Balaban J connectivity index is 1.45. The molecular weight excluding hydrogens is 416 g/mol. The number of cyclic esters (lactones) is 1. The van der Waals surface area contributed by atoms with Crippen LogP contribution in [0, 0.1) is 11.8 Å². The number of aryl methyl sites for hydroxylation is 1. The molecule has 0 radical (unpaired) electrons. The second kappa shape index (κ2) is 10.6. The van der Waals surface area contributed by atoms with Crippen molar-refractivity contribution in [2.45, 2.75) is 57.0 Å². The zero-order chi connectivity index (χ0) is 23.3. The van der Waals surface area contributed by atoms with E-state index in [4.69, 9.17) is 9.47 Å². The molecule has 2 aliphatic heterocycles. The van der Waals surface area contributed by atoms with Crippen LogP contribution in [0.3, 0.4) is 0 Å². The molecule has 2 heterocycles. The fraction of sp³-hybridized carbons (Fsp3) is 0.458.